The molecule has 0 saturated carbocycles. The Balaban J connectivity index is 1.51. The first-order valence-electron chi connectivity index (χ1n) is 13.6. The van der Waals surface area contributed by atoms with Gasteiger partial charge in [0.1, 0.15) is 21.1 Å². The number of carbonyl (C=O) groups excluding carboxylic acids is 1. The first-order valence-corrected chi connectivity index (χ1v) is 16.0. The largest absolute Gasteiger partial charge is 0.478 e. The molecule has 0 atom stereocenters. The summed E-state index contributed by atoms with van der Waals surface area (Å²) in [7, 11) is 2.12. The number of pyridine rings is 1. The maximum Gasteiger partial charge on any atom is 0.214 e. The number of carbonyl (C=O) groups is 1. The molecule has 0 radical (unpaired) electrons. The third-order valence-electron chi connectivity index (χ3n) is 6.33. The van der Waals surface area contributed by atoms with E-state index in [1.807, 2.05) is 25.2 Å². The minimum atomic E-state index is -3.46. The lowest BCUT2D eigenvalue weighted by Gasteiger charge is -2.25. The number of thiazole rings is 1. The average Bonchev–Trinajstić information content (AvgIpc) is 3.36. The molecule has 4 rings (SSSR count). The van der Waals surface area contributed by atoms with Crippen LogP contribution in [0.3, 0.4) is 0 Å². The topological polar surface area (TPSA) is 124 Å². The van der Waals surface area contributed by atoms with Crippen molar-refractivity contribution in [2.75, 3.05) is 73.0 Å². The van der Waals surface area contributed by atoms with Crippen LogP contribution in [-0.4, -0.2) is 113 Å². The van der Waals surface area contributed by atoms with Gasteiger partial charge in [-0.25, -0.2) is 18.4 Å². The van der Waals surface area contributed by atoms with E-state index in [-0.39, 0.29) is 28.6 Å². The second-order valence-electron chi connectivity index (χ2n) is 9.89. The van der Waals surface area contributed by atoms with Crippen LogP contribution in [0.4, 0.5) is 0 Å². The van der Waals surface area contributed by atoms with E-state index in [0.717, 1.165) is 13.0 Å². The lowest BCUT2D eigenvalue weighted by molar-refractivity contribution is -0.112. The molecule has 2 aromatic heterocycles. The van der Waals surface area contributed by atoms with Crippen molar-refractivity contribution < 1.29 is 27.4 Å². The van der Waals surface area contributed by atoms with Gasteiger partial charge in [-0.15, -0.1) is 0 Å². The maximum absolute atomic E-state index is 13.6. The Hall–Kier alpha value is -2.97. The number of aromatic nitrogens is 2. The van der Waals surface area contributed by atoms with Crippen LogP contribution in [0.5, 0.6) is 5.88 Å². The molecule has 0 amide bonds. The van der Waals surface area contributed by atoms with Gasteiger partial charge in [0.05, 0.1) is 50.0 Å². The van der Waals surface area contributed by atoms with Crippen molar-refractivity contribution in [3.63, 3.8) is 0 Å². The Morgan fingerprint density at radius 3 is 2.54 bits per heavy atom. The fraction of sp³-hybridized carbons (Fsp3) is 0.500. The number of benzene rings is 1. The molecule has 0 aliphatic carbocycles. The summed E-state index contributed by atoms with van der Waals surface area (Å²) in [6.45, 7) is 4.02. The summed E-state index contributed by atoms with van der Waals surface area (Å²) in [5.41, 5.74) is 1.51. The number of fused-ring (bicyclic) bond motifs is 1. The first-order chi connectivity index (χ1) is 19.7. The summed E-state index contributed by atoms with van der Waals surface area (Å²) < 4.78 is 41.6. The highest BCUT2D eigenvalue weighted by Crippen LogP contribution is 2.24. The van der Waals surface area contributed by atoms with Gasteiger partial charge < -0.3 is 19.1 Å². The highest BCUT2D eigenvalue weighted by molar-refractivity contribution is 7.91. The van der Waals surface area contributed by atoms with Crippen molar-refractivity contribution in [3.8, 4) is 5.88 Å². The summed E-state index contributed by atoms with van der Waals surface area (Å²) in [6.07, 6.45) is 1.34. The predicted octanol–water partition coefficient (Wildman–Crippen LogP) is 2.68. The Kier molecular flexibility index (Phi) is 11.2. The molecule has 0 spiro atoms. The molecule has 1 fully saturated rings. The Labute approximate surface area is 245 Å². The molecule has 1 aromatic carbocycles. The van der Waals surface area contributed by atoms with E-state index < -0.39 is 9.84 Å². The average molecular weight is 604 g/mol. The first kappa shape index (κ1) is 31.0. The number of ketones is 1. The number of morpholine rings is 1. The van der Waals surface area contributed by atoms with Gasteiger partial charge in [-0.2, -0.15) is 5.10 Å². The van der Waals surface area contributed by atoms with Crippen LogP contribution in [0, 0.1) is 0 Å². The minimum absolute atomic E-state index is 0.0116. The van der Waals surface area contributed by atoms with E-state index in [9.17, 15) is 13.2 Å². The summed E-state index contributed by atoms with van der Waals surface area (Å²) in [6, 6.07) is 9.98. The quantitative estimate of drug-likeness (QED) is 0.189. The standard InChI is InChI=1S/C28H37N5O6S2/c1-32(2)12-4-16-39-25-11-10-23-28(30-25)40-26(29-23)20-24(34)27(31-33-13-17-38-18-14-33)21-6-8-22(9-7-21)41(35,36)19-5-15-37-3/h6-11H,4-5,12-20H2,1-3H3/b31-27+. The van der Waals surface area contributed by atoms with Gasteiger partial charge in [0.25, 0.3) is 0 Å². The summed E-state index contributed by atoms with van der Waals surface area (Å²) >= 11 is 1.35. The molecule has 41 heavy (non-hydrogen) atoms. The predicted molar refractivity (Wildman–Crippen MR) is 159 cm³/mol. The number of ether oxygens (including phenoxy) is 3. The second kappa shape index (κ2) is 14.8. The van der Waals surface area contributed by atoms with Gasteiger partial charge in [-0.3, -0.25) is 9.80 Å². The molecular weight excluding hydrogens is 566 g/mol. The molecule has 1 saturated heterocycles. The SMILES string of the molecule is COCCCS(=O)(=O)c1ccc(/C(=N\N2CCOCC2)C(=O)Cc2nc3ccc(OCCCN(C)C)nc3s2)cc1. The number of methoxy groups -OCH3 is 1. The Morgan fingerprint density at radius 2 is 1.83 bits per heavy atom. The van der Waals surface area contributed by atoms with Gasteiger partial charge >= 0.3 is 0 Å². The fourth-order valence-corrected chi connectivity index (χ4v) is 6.39. The van der Waals surface area contributed by atoms with E-state index in [4.69, 9.17) is 14.2 Å². The zero-order valence-corrected chi connectivity index (χ0v) is 25.4. The number of nitrogens with zero attached hydrogens (tertiary/aromatic N) is 5. The minimum Gasteiger partial charge on any atom is -0.478 e. The van der Waals surface area contributed by atoms with E-state index in [2.05, 4.69) is 20.0 Å². The lowest BCUT2D eigenvalue weighted by atomic mass is 10.0. The van der Waals surface area contributed by atoms with Gasteiger partial charge in [0, 0.05) is 31.9 Å². The van der Waals surface area contributed by atoms with Crippen molar-refractivity contribution >= 4 is 43.0 Å². The van der Waals surface area contributed by atoms with Crippen LogP contribution in [0.15, 0.2) is 46.4 Å². The van der Waals surface area contributed by atoms with Crippen LogP contribution in [0.1, 0.15) is 23.4 Å². The normalized spacial score (nSPS) is 14.6. The van der Waals surface area contributed by atoms with Crippen molar-refractivity contribution in [1.82, 2.24) is 19.9 Å². The monoisotopic (exact) mass is 603 g/mol. The highest BCUT2D eigenvalue weighted by Gasteiger charge is 2.22. The van der Waals surface area contributed by atoms with Crippen LogP contribution < -0.4 is 4.74 Å². The number of Topliss-reactive ketones (excluding diaryl/α,β-unsaturated/α-hetero) is 1. The number of rotatable bonds is 15. The summed E-state index contributed by atoms with van der Waals surface area (Å²) in [5.74, 6) is 0.304. The van der Waals surface area contributed by atoms with Crippen molar-refractivity contribution in [1.29, 1.82) is 0 Å². The van der Waals surface area contributed by atoms with Crippen LogP contribution >= 0.6 is 11.3 Å². The smallest absolute Gasteiger partial charge is 0.214 e. The van der Waals surface area contributed by atoms with Crippen molar-refractivity contribution in [2.24, 2.45) is 5.10 Å². The second-order valence-corrected chi connectivity index (χ2v) is 13.1. The molecule has 0 unspecified atom stereocenters. The molecule has 1 aliphatic rings. The molecule has 1 aliphatic heterocycles. The zero-order valence-electron chi connectivity index (χ0n) is 23.7. The maximum atomic E-state index is 13.6. The lowest BCUT2D eigenvalue weighted by Crippen LogP contribution is -2.34. The third kappa shape index (κ3) is 9.01. The molecule has 0 N–H and O–H groups in total. The van der Waals surface area contributed by atoms with Crippen LogP contribution in [0.25, 0.3) is 10.3 Å². The van der Waals surface area contributed by atoms with Crippen molar-refractivity contribution in [3.05, 3.63) is 47.0 Å². The molecule has 13 heteroatoms. The van der Waals surface area contributed by atoms with Crippen molar-refractivity contribution in [2.45, 2.75) is 24.2 Å². The van der Waals surface area contributed by atoms with Crippen LogP contribution in [0.2, 0.25) is 0 Å². The van der Waals surface area contributed by atoms with Crippen LogP contribution in [-0.2, 0) is 30.5 Å². The molecule has 3 aromatic rings. The third-order valence-corrected chi connectivity index (χ3v) is 9.11. The highest BCUT2D eigenvalue weighted by atomic mass is 32.2. The van der Waals surface area contributed by atoms with E-state index >= 15 is 0 Å². The van der Waals surface area contributed by atoms with Gasteiger partial charge in [0.15, 0.2) is 15.6 Å². The van der Waals surface area contributed by atoms with Gasteiger partial charge in [-0.1, -0.05) is 23.5 Å². The Bertz CT molecular complexity index is 1430. The van der Waals surface area contributed by atoms with E-state index in [1.165, 1.54) is 23.5 Å². The molecule has 3 heterocycles. The number of sulfone groups is 1. The molecule has 222 valence electrons. The number of hydrazone groups is 1. The number of hydrogen-bond acceptors (Lipinski definition) is 12. The number of hydrogen-bond donors (Lipinski definition) is 0. The van der Waals surface area contributed by atoms with E-state index in [0.29, 0.717) is 72.7 Å². The summed E-state index contributed by atoms with van der Waals surface area (Å²) in [4.78, 5) is 25.8. The zero-order chi connectivity index (χ0) is 29.2. The fourth-order valence-electron chi connectivity index (χ4n) is 4.18. The molecule has 11 nitrogen and oxygen atoms in total. The molecule has 0 bridgehead atoms. The summed E-state index contributed by atoms with van der Waals surface area (Å²) in [5, 5.41) is 7.10. The molecular formula is C28H37N5O6S2. The van der Waals surface area contributed by atoms with E-state index in [1.54, 1.807) is 25.3 Å². The Morgan fingerprint density at radius 1 is 1.07 bits per heavy atom. The van der Waals surface area contributed by atoms with Gasteiger partial charge in [0.2, 0.25) is 5.88 Å². The van der Waals surface area contributed by atoms with Gasteiger partial charge in [-0.05, 0) is 45.1 Å².